The average molecular weight is 372 g/mol. The molecule has 1 atom stereocenters. The number of rotatable bonds is 6. The maximum Gasteiger partial charge on any atom is 0.118 e. The van der Waals surface area contributed by atoms with Crippen molar-refractivity contribution in [1.82, 2.24) is 18.5 Å². The number of furan rings is 1. The van der Waals surface area contributed by atoms with E-state index in [9.17, 15) is 5.11 Å². The van der Waals surface area contributed by atoms with Gasteiger partial charge < -0.3 is 9.52 Å². The lowest BCUT2D eigenvalue weighted by atomic mass is 10.1. The third-order valence-corrected chi connectivity index (χ3v) is 5.59. The topological polar surface area (TPSA) is 65.6 Å². The highest BCUT2D eigenvalue weighted by molar-refractivity contribution is 7.00. The van der Waals surface area contributed by atoms with Crippen LogP contribution in [0.15, 0.2) is 34.7 Å². The van der Waals surface area contributed by atoms with Gasteiger partial charge in [0.2, 0.25) is 0 Å². The van der Waals surface area contributed by atoms with Crippen LogP contribution in [0.2, 0.25) is 0 Å². The molecule has 0 spiro atoms. The maximum absolute atomic E-state index is 9.49. The molecule has 3 aromatic rings. The first-order valence-corrected chi connectivity index (χ1v) is 9.78. The summed E-state index contributed by atoms with van der Waals surface area (Å²) in [5.74, 6) is 1.95. The third-order valence-electron chi connectivity index (χ3n) is 5.03. The van der Waals surface area contributed by atoms with Crippen molar-refractivity contribution in [3.05, 3.63) is 47.4 Å². The van der Waals surface area contributed by atoms with Crippen molar-refractivity contribution in [3.63, 3.8) is 0 Å². The fourth-order valence-electron chi connectivity index (χ4n) is 3.69. The van der Waals surface area contributed by atoms with Gasteiger partial charge >= 0.3 is 0 Å². The van der Waals surface area contributed by atoms with Crippen molar-refractivity contribution < 1.29 is 9.52 Å². The molecule has 0 radical (unpaired) electrons. The molecule has 1 aliphatic rings. The van der Waals surface area contributed by atoms with Gasteiger partial charge in [0.15, 0.2) is 0 Å². The van der Waals surface area contributed by atoms with E-state index < -0.39 is 0 Å². The molecule has 0 saturated carbocycles. The summed E-state index contributed by atoms with van der Waals surface area (Å²) in [5, 5.41) is 9.49. The smallest absolute Gasteiger partial charge is 0.118 e. The zero-order chi connectivity index (χ0) is 17.9. The Labute approximate surface area is 157 Å². The Bertz CT molecular complexity index is 862. The van der Waals surface area contributed by atoms with Gasteiger partial charge in [-0.15, -0.1) is 0 Å². The second-order valence-corrected chi connectivity index (χ2v) is 7.50. The highest BCUT2D eigenvalue weighted by atomic mass is 32.1. The van der Waals surface area contributed by atoms with E-state index >= 15 is 0 Å². The second kappa shape index (κ2) is 7.84. The lowest BCUT2D eigenvalue weighted by Gasteiger charge is -2.41. The van der Waals surface area contributed by atoms with Gasteiger partial charge in [0.25, 0.3) is 0 Å². The van der Waals surface area contributed by atoms with E-state index in [1.807, 2.05) is 13.0 Å². The van der Waals surface area contributed by atoms with E-state index in [1.165, 1.54) is 17.3 Å². The quantitative estimate of drug-likeness (QED) is 0.718. The van der Waals surface area contributed by atoms with E-state index in [1.54, 1.807) is 0 Å². The molecular formula is C19H24N4O2S. The summed E-state index contributed by atoms with van der Waals surface area (Å²) < 4.78 is 14.3. The molecule has 1 aromatic carbocycles. The normalized spacial score (nSPS) is 19.4. The number of aliphatic hydroxyl groups excluding tert-OH is 1. The van der Waals surface area contributed by atoms with Crippen molar-refractivity contribution in [2.24, 2.45) is 0 Å². The van der Waals surface area contributed by atoms with Gasteiger partial charge in [0.05, 0.1) is 18.3 Å². The molecule has 1 aliphatic heterocycles. The molecule has 3 heterocycles. The summed E-state index contributed by atoms with van der Waals surface area (Å²) >= 11 is 1.26. The molecule has 1 N–H and O–H groups in total. The number of piperazine rings is 1. The van der Waals surface area contributed by atoms with E-state index in [0.29, 0.717) is 6.04 Å². The Hall–Kier alpha value is -1.80. The number of benzene rings is 1. The second-order valence-electron chi connectivity index (χ2n) is 6.97. The summed E-state index contributed by atoms with van der Waals surface area (Å²) in [6.45, 7) is 6.84. The minimum atomic E-state index is 0.211. The zero-order valence-corrected chi connectivity index (χ0v) is 15.8. The van der Waals surface area contributed by atoms with Gasteiger partial charge in [-0.05, 0) is 43.2 Å². The maximum atomic E-state index is 9.49. The average Bonchev–Trinajstić information content (AvgIpc) is 3.26. The molecule has 26 heavy (non-hydrogen) atoms. The highest BCUT2D eigenvalue weighted by Gasteiger charge is 2.27. The Morgan fingerprint density at radius 2 is 2.04 bits per heavy atom. The number of aryl methyl sites for hydroxylation is 1. The van der Waals surface area contributed by atoms with E-state index in [-0.39, 0.29) is 6.61 Å². The highest BCUT2D eigenvalue weighted by Crippen LogP contribution is 2.21. The molecule has 1 fully saturated rings. The van der Waals surface area contributed by atoms with Crippen molar-refractivity contribution in [2.75, 3.05) is 26.2 Å². The standard InChI is InChI=1S/C19H24N4O2S/c1-14-2-4-17(25-14)13-23-8-7-22(12-16(23)6-9-24)11-15-3-5-18-19(10-15)21-26-20-18/h2-5,10,16,24H,6-9,11-13H2,1H3. The molecule has 1 saturated heterocycles. The van der Waals surface area contributed by atoms with Gasteiger partial charge in [-0.2, -0.15) is 8.75 Å². The number of aliphatic hydroxyl groups is 1. The van der Waals surface area contributed by atoms with Crippen LogP contribution < -0.4 is 0 Å². The number of aromatic nitrogens is 2. The van der Waals surface area contributed by atoms with Gasteiger partial charge in [0, 0.05) is 38.8 Å². The lowest BCUT2D eigenvalue weighted by molar-refractivity contribution is 0.0454. The van der Waals surface area contributed by atoms with Crippen LogP contribution in [-0.4, -0.2) is 55.9 Å². The van der Waals surface area contributed by atoms with Crippen LogP contribution >= 0.6 is 11.7 Å². The van der Waals surface area contributed by atoms with Crippen LogP contribution in [0.25, 0.3) is 11.0 Å². The monoisotopic (exact) mass is 372 g/mol. The fourth-order valence-corrected chi connectivity index (χ4v) is 4.20. The molecule has 4 rings (SSSR count). The summed E-state index contributed by atoms with van der Waals surface area (Å²) in [4.78, 5) is 4.89. The Kier molecular flexibility index (Phi) is 5.31. The Morgan fingerprint density at radius 3 is 2.85 bits per heavy atom. The van der Waals surface area contributed by atoms with Gasteiger partial charge in [-0.25, -0.2) is 0 Å². The van der Waals surface area contributed by atoms with Crippen LogP contribution in [0, 0.1) is 6.92 Å². The van der Waals surface area contributed by atoms with Crippen LogP contribution in [0.3, 0.4) is 0 Å². The number of hydrogen-bond acceptors (Lipinski definition) is 7. The van der Waals surface area contributed by atoms with Crippen molar-refractivity contribution in [2.45, 2.75) is 32.5 Å². The van der Waals surface area contributed by atoms with E-state index in [0.717, 1.165) is 61.7 Å². The van der Waals surface area contributed by atoms with E-state index in [2.05, 4.69) is 42.8 Å². The molecule has 7 heteroatoms. The van der Waals surface area contributed by atoms with Crippen LogP contribution in [0.4, 0.5) is 0 Å². The third kappa shape index (κ3) is 3.96. The van der Waals surface area contributed by atoms with Crippen LogP contribution in [0.5, 0.6) is 0 Å². The predicted molar refractivity (Wildman–Crippen MR) is 102 cm³/mol. The summed E-state index contributed by atoms with van der Waals surface area (Å²) in [6.07, 6.45) is 0.783. The summed E-state index contributed by atoms with van der Waals surface area (Å²) in [7, 11) is 0. The van der Waals surface area contributed by atoms with Crippen molar-refractivity contribution in [1.29, 1.82) is 0 Å². The minimum Gasteiger partial charge on any atom is -0.465 e. The molecule has 0 amide bonds. The largest absolute Gasteiger partial charge is 0.465 e. The summed E-state index contributed by atoms with van der Waals surface area (Å²) in [5.41, 5.74) is 3.21. The molecule has 1 unspecified atom stereocenters. The molecular weight excluding hydrogens is 348 g/mol. The number of nitrogens with zero attached hydrogens (tertiary/aromatic N) is 4. The van der Waals surface area contributed by atoms with Gasteiger partial charge in [-0.1, -0.05) is 6.07 Å². The van der Waals surface area contributed by atoms with Crippen molar-refractivity contribution in [3.8, 4) is 0 Å². The first-order chi connectivity index (χ1) is 12.7. The molecule has 6 nitrogen and oxygen atoms in total. The van der Waals surface area contributed by atoms with Crippen molar-refractivity contribution >= 4 is 22.8 Å². The van der Waals surface area contributed by atoms with Crippen LogP contribution in [-0.2, 0) is 13.1 Å². The summed E-state index contributed by atoms with van der Waals surface area (Å²) in [6, 6.07) is 10.7. The molecule has 2 aromatic heterocycles. The van der Waals surface area contributed by atoms with Gasteiger partial charge in [-0.3, -0.25) is 9.80 Å². The number of hydrogen-bond donors (Lipinski definition) is 1. The molecule has 0 aliphatic carbocycles. The van der Waals surface area contributed by atoms with E-state index in [4.69, 9.17) is 4.42 Å². The Balaban J connectivity index is 1.41. The lowest BCUT2D eigenvalue weighted by Crippen LogP contribution is -2.52. The minimum absolute atomic E-state index is 0.211. The molecule has 0 bridgehead atoms. The predicted octanol–water partition coefficient (Wildman–Crippen LogP) is 2.66. The first-order valence-electron chi connectivity index (χ1n) is 9.05. The fraction of sp³-hybridized carbons (Fsp3) is 0.474. The Morgan fingerprint density at radius 1 is 1.15 bits per heavy atom. The number of fused-ring (bicyclic) bond motifs is 1. The zero-order valence-electron chi connectivity index (χ0n) is 15.0. The first kappa shape index (κ1) is 17.6. The SMILES string of the molecule is Cc1ccc(CN2CCN(Cc3ccc4nsnc4c3)CC2CCO)o1. The molecule has 138 valence electrons. The van der Waals surface area contributed by atoms with Gasteiger partial charge in [0.1, 0.15) is 22.6 Å². The van der Waals surface area contributed by atoms with Crippen LogP contribution in [0.1, 0.15) is 23.5 Å².